The first kappa shape index (κ1) is 20.0. The standard InChI is InChI=1S/C17H22F3N3O.ClH/c18-17(19,20)14-3-1-13(2-4-14)15-16(24)22-9-10-23(15)11-12-5-7-21-8-6-12;/h1-4,12,15,21H,5-11H2,(H,22,24);1H. The van der Waals surface area contributed by atoms with Crippen LogP contribution in [-0.2, 0) is 11.0 Å². The number of piperazine rings is 1. The summed E-state index contributed by atoms with van der Waals surface area (Å²) in [4.78, 5) is 14.4. The molecule has 1 atom stereocenters. The Morgan fingerprint density at radius 2 is 1.72 bits per heavy atom. The van der Waals surface area contributed by atoms with Gasteiger partial charge in [0.1, 0.15) is 6.04 Å². The number of nitrogens with one attached hydrogen (secondary N) is 2. The smallest absolute Gasteiger partial charge is 0.353 e. The molecule has 0 radical (unpaired) electrons. The number of piperidine rings is 1. The molecular weight excluding hydrogens is 355 g/mol. The van der Waals surface area contributed by atoms with E-state index < -0.39 is 17.8 Å². The van der Waals surface area contributed by atoms with Gasteiger partial charge in [-0.1, -0.05) is 12.1 Å². The average molecular weight is 378 g/mol. The zero-order chi connectivity index (χ0) is 17.2. The Kier molecular flexibility index (Phi) is 6.71. The van der Waals surface area contributed by atoms with Gasteiger partial charge in [-0.15, -0.1) is 12.4 Å². The number of amides is 1. The molecule has 0 spiro atoms. The molecule has 2 aliphatic rings. The van der Waals surface area contributed by atoms with E-state index in [-0.39, 0.29) is 18.3 Å². The van der Waals surface area contributed by atoms with Crippen LogP contribution in [0.1, 0.15) is 30.0 Å². The molecule has 4 nitrogen and oxygen atoms in total. The van der Waals surface area contributed by atoms with E-state index in [9.17, 15) is 18.0 Å². The van der Waals surface area contributed by atoms with Crippen LogP contribution in [0.25, 0.3) is 0 Å². The summed E-state index contributed by atoms with van der Waals surface area (Å²) in [6, 6.07) is 4.46. The average Bonchev–Trinajstić information content (AvgIpc) is 2.55. The molecule has 25 heavy (non-hydrogen) atoms. The second kappa shape index (κ2) is 8.38. The Hall–Kier alpha value is -1.31. The van der Waals surface area contributed by atoms with Crippen LogP contribution in [0.15, 0.2) is 24.3 Å². The van der Waals surface area contributed by atoms with Crippen molar-refractivity contribution in [3.05, 3.63) is 35.4 Å². The van der Waals surface area contributed by atoms with E-state index in [1.54, 1.807) is 0 Å². The lowest BCUT2D eigenvalue weighted by Crippen LogP contribution is -2.51. The van der Waals surface area contributed by atoms with Gasteiger partial charge >= 0.3 is 6.18 Å². The maximum Gasteiger partial charge on any atom is 0.416 e. The van der Waals surface area contributed by atoms with E-state index in [0.29, 0.717) is 18.0 Å². The van der Waals surface area contributed by atoms with Crippen LogP contribution in [-0.4, -0.2) is 43.5 Å². The summed E-state index contributed by atoms with van der Waals surface area (Å²) >= 11 is 0. The predicted molar refractivity (Wildman–Crippen MR) is 91.6 cm³/mol. The molecule has 0 aliphatic carbocycles. The minimum atomic E-state index is -4.36. The highest BCUT2D eigenvalue weighted by Crippen LogP contribution is 2.32. The monoisotopic (exact) mass is 377 g/mol. The SMILES string of the molecule is Cl.O=C1NCCN(CC2CCNCC2)C1c1ccc(C(F)(F)F)cc1. The number of carbonyl (C=O) groups excluding carboxylic acids is 1. The Labute approximate surface area is 151 Å². The molecular formula is C17H23ClF3N3O. The van der Waals surface area contributed by atoms with Crippen LogP contribution in [0.5, 0.6) is 0 Å². The molecule has 2 N–H and O–H groups in total. The third-order valence-electron chi connectivity index (χ3n) is 4.82. The molecule has 0 bridgehead atoms. The van der Waals surface area contributed by atoms with Crippen LogP contribution in [0.2, 0.25) is 0 Å². The van der Waals surface area contributed by atoms with Crippen molar-refractivity contribution in [2.45, 2.75) is 25.1 Å². The molecule has 2 fully saturated rings. The van der Waals surface area contributed by atoms with E-state index in [4.69, 9.17) is 0 Å². The van der Waals surface area contributed by atoms with E-state index in [1.807, 2.05) is 0 Å². The number of alkyl halides is 3. The number of carbonyl (C=O) groups is 1. The van der Waals surface area contributed by atoms with Crippen LogP contribution >= 0.6 is 12.4 Å². The quantitative estimate of drug-likeness (QED) is 0.851. The summed E-state index contributed by atoms with van der Waals surface area (Å²) in [6.07, 6.45) is -2.22. The van der Waals surface area contributed by atoms with Crippen LogP contribution < -0.4 is 10.6 Å². The van der Waals surface area contributed by atoms with Crippen LogP contribution in [0, 0.1) is 5.92 Å². The largest absolute Gasteiger partial charge is 0.416 e. The Morgan fingerprint density at radius 1 is 1.08 bits per heavy atom. The number of nitrogens with zero attached hydrogens (tertiary/aromatic N) is 1. The molecule has 1 amide bonds. The highest BCUT2D eigenvalue weighted by atomic mass is 35.5. The fourth-order valence-corrected chi connectivity index (χ4v) is 3.52. The first-order chi connectivity index (χ1) is 11.4. The molecule has 1 aromatic rings. The minimum Gasteiger partial charge on any atom is -0.353 e. The molecule has 2 aliphatic heterocycles. The van der Waals surface area contributed by atoms with E-state index in [1.165, 1.54) is 12.1 Å². The zero-order valence-electron chi connectivity index (χ0n) is 13.8. The molecule has 1 aromatic carbocycles. The second-order valence-corrected chi connectivity index (χ2v) is 6.50. The van der Waals surface area contributed by atoms with Crippen molar-refractivity contribution in [3.8, 4) is 0 Å². The molecule has 1 unspecified atom stereocenters. The summed E-state index contributed by atoms with van der Waals surface area (Å²) in [7, 11) is 0. The minimum absolute atomic E-state index is 0. The number of halogens is 4. The lowest BCUT2D eigenvalue weighted by atomic mass is 9.94. The maximum absolute atomic E-state index is 12.7. The summed E-state index contributed by atoms with van der Waals surface area (Å²) in [5, 5.41) is 6.15. The molecule has 140 valence electrons. The van der Waals surface area contributed by atoms with Gasteiger partial charge in [-0.2, -0.15) is 13.2 Å². The summed E-state index contributed by atoms with van der Waals surface area (Å²) in [6.45, 7) is 4.08. The normalized spacial score (nSPS) is 23.0. The van der Waals surface area contributed by atoms with Gasteiger partial charge in [-0.25, -0.2) is 0 Å². The van der Waals surface area contributed by atoms with Crippen molar-refractivity contribution in [1.82, 2.24) is 15.5 Å². The molecule has 0 aromatic heterocycles. The fraction of sp³-hybridized carbons (Fsp3) is 0.588. The summed E-state index contributed by atoms with van der Waals surface area (Å²) in [5.74, 6) is 0.393. The van der Waals surface area contributed by atoms with Crippen molar-refractivity contribution in [1.29, 1.82) is 0 Å². The highest BCUT2D eigenvalue weighted by molar-refractivity contribution is 5.85. The lowest BCUT2D eigenvalue weighted by molar-refractivity contribution is -0.137. The number of hydrogen-bond acceptors (Lipinski definition) is 3. The number of hydrogen-bond donors (Lipinski definition) is 2. The third kappa shape index (κ3) is 4.86. The van der Waals surface area contributed by atoms with Gasteiger partial charge in [0.15, 0.2) is 0 Å². The second-order valence-electron chi connectivity index (χ2n) is 6.50. The van der Waals surface area contributed by atoms with Crippen LogP contribution in [0.4, 0.5) is 13.2 Å². The number of rotatable bonds is 3. The Morgan fingerprint density at radius 3 is 2.32 bits per heavy atom. The maximum atomic E-state index is 12.7. The first-order valence-electron chi connectivity index (χ1n) is 8.35. The Balaban J connectivity index is 0.00000225. The van der Waals surface area contributed by atoms with E-state index >= 15 is 0 Å². The van der Waals surface area contributed by atoms with Crippen molar-refractivity contribution in [3.63, 3.8) is 0 Å². The Bertz CT molecular complexity index is 573. The fourth-order valence-electron chi connectivity index (χ4n) is 3.52. The third-order valence-corrected chi connectivity index (χ3v) is 4.82. The van der Waals surface area contributed by atoms with Crippen molar-refractivity contribution in [2.24, 2.45) is 5.92 Å². The molecule has 8 heteroatoms. The zero-order valence-corrected chi connectivity index (χ0v) is 14.6. The van der Waals surface area contributed by atoms with Gasteiger partial charge in [0.2, 0.25) is 5.91 Å². The van der Waals surface area contributed by atoms with Gasteiger partial charge in [-0.05, 0) is 49.5 Å². The molecule has 2 saturated heterocycles. The first-order valence-corrected chi connectivity index (χ1v) is 8.35. The summed E-state index contributed by atoms with van der Waals surface area (Å²) < 4.78 is 38.2. The van der Waals surface area contributed by atoms with Crippen molar-refractivity contribution >= 4 is 18.3 Å². The molecule has 3 rings (SSSR count). The van der Waals surface area contributed by atoms with Gasteiger partial charge < -0.3 is 10.6 Å². The van der Waals surface area contributed by atoms with Gasteiger partial charge in [0, 0.05) is 19.6 Å². The highest BCUT2D eigenvalue weighted by Gasteiger charge is 2.34. The summed E-state index contributed by atoms with van der Waals surface area (Å²) in [5.41, 5.74) is -0.0680. The van der Waals surface area contributed by atoms with Crippen molar-refractivity contribution in [2.75, 3.05) is 32.7 Å². The van der Waals surface area contributed by atoms with Gasteiger partial charge in [-0.3, -0.25) is 9.69 Å². The molecule has 0 saturated carbocycles. The van der Waals surface area contributed by atoms with Crippen molar-refractivity contribution < 1.29 is 18.0 Å². The lowest BCUT2D eigenvalue weighted by Gasteiger charge is -2.38. The van der Waals surface area contributed by atoms with Gasteiger partial charge in [0.25, 0.3) is 0 Å². The van der Waals surface area contributed by atoms with Gasteiger partial charge in [0.05, 0.1) is 5.56 Å². The molecule has 2 heterocycles. The topological polar surface area (TPSA) is 44.4 Å². The van der Waals surface area contributed by atoms with Crippen LogP contribution in [0.3, 0.4) is 0 Å². The number of benzene rings is 1. The van der Waals surface area contributed by atoms with E-state index in [2.05, 4.69) is 15.5 Å². The predicted octanol–water partition coefficient (Wildman–Crippen LogP) is 2.60. The van der Waals surface area contributed by atoms with E-state index in [0.717, 1.165) is 51.2 Å².